The summed E-state index contributed by atoms with van der Waals surface area (Å²) in [6.07, 6.45) is 0. The molecule has 2 rings (SSSR count). The van der Waals surface area contributed by atoms with Crippen LogP contribution in [0.2, 0.25) is 0 Å². The van der Waals surface area contributed by atoms with Gasteiger partial charge in [0.25, 0.3) is 0 Å². The van der Waals surface area contributed by atoms with E-state index < -0.39 is 22.0 Å². The number of rotatable bonds is 6. The third kappa shape index (κ3) is 4.42. The monoisotopic (exact) mass is 376 g/mol. The van der Waals surface area contributed by atoms with Crippen LogP contribution in [0.4, 0.5) is 5.69 Å². The molecule has 2 aromatic rings. The van der Waals surface area contributed by atoms with Crippen molar-refractivity contribution in [2.75, 3.05) is 12.4 Å². The summed E-state index contributed by atoms with van der Waals surface area (Å²) in [4.78, 5) is 12.5. The van der Waals surface area contributed by atoms with Gasteiger partial charge in [0, 0.05) is 5.69 Å². The third-order valence-electron chi connectivity index (χ3n) is 4.06. The highest BCUT2D eigenvalue weighted by molar-refractivity contribution is 7.89. The van der Waals surface area contributed by atoms with Gasteiger partial charge in [-0.3, -0.25) is 4.79 Å². The van der Waals surface area contributed by atoms with Crippen molar-refractivity contribution in [3.8, 4) is 5.75 Å². The van der Waals surface area contributed by atoms with E-state index in [1.165, 1.54) is 20.1 Å². The van der Waals surface area contributed by atoms with Gasteiger partial charge in [-0.1, -0.05) is 24.3 Å². The summed E-state index contributed by atoms with van der Waals surface area (Å²) >= 11 is 0. The summed E-state index contributed by atoms with van der Waals surface area (Å²) < 4.78 is 32.9. The lowest BCUT2D eigenvalue weighted by atomic mass is 10.1. The van der Waals surface area contributed by atoms with Gasteiger partial charge in [0.2, 0.25) is 15.9 Å². The predicted molar refractivity (Wildman–Crippen MR) is 102 cm³/mol. The number of hydrogen-bond acceptors (Lipinski definition) is 4. The first kappa shape index (κ1) is 19.9. The molecular weight excluding hydrogens is 352 g/mol. The van der Waals surface area contributed by atoms with Gasteiger partial charge in [-0.25, -0.2) is 8.42 Å². The number of aryl methyl sites for hydroxylation is 3. The Kier molecular flexibility index (Phi) is 6.05. The van der Waals surface area contributed by atoms with E-state index in [4.69, 9.17) is 4.74 Å². The second kappa shape index (κ2) is 7.88. The fraction of sp³-hybridized carbons (Fsp3) is 0.316. The summed E-state index contributed by atoms with van der Waals surface area (Å²) in [5, 5.41) is 2.80. The first-order chi connectivity index (χ1) is 12.2. The third-order valence-corrected chi connectivity index (χ3v) is 5.63. The molecule has 6 nitrogen and oxygen atoms in total. The van der Waals surface area contributed by atoms with Crippen molar-refractivity contribution in [1.29, 1.82) is 0 Å². The molecule has 7 heteroatoms. The minimum atomic E-state index is -3.92. The molecule has 26 heavy (non-hydrogen) atoms. The molecule has 2 aromatic carbocycles. The molecule has 1 unspecified atom stereocenters. The zero-order valence-corrected chi connectivity index (χ0v) is 16.4. The average Bonchev–Trinajstić information content (AvgIpc) is 2.57. The lowest BCUT2D eigenvalue weighted by molar-refractivity contribution is -0.117. The molecule has 0 fully saturated rings. The van der Waals surface area contributed by atoms with Crippen LogP contribution in [0.15, 0.2) is 41.3 Å². The fourth-order valence-electron chi connectivity index (χ4n) is 2.59. The molecule has 1 amide bonds. The van der Waals surface area contributed by atoms with E-state index in [0.29, 0.717) is 5.69 Å². The maximum absolute atomic E-state index is 12.7. The number of hydrogen-bond donors (Lipinski definition) is 2. The van der Waals surface area contributed by atoms with Gasteiger partial charge in [0.1, 0.15) is 10.6 Å². The van der Waals surface area contributed by atoms with Crippen molar-refractivity contribution in [3.05, 3.63) is 53.1 Å². The van der Waals surface area contributed by atoms with Crippen LogP contribution in [0.5, 0.6) is 5.75 Å². The van der Waals surface area contributed by atoms with Crippen molar-refractivity contribution >= 4 is 21.6 Å². The first-order valence-electron chi connectivity index (χ1n) is 8.19. The van der Waals surface area contributed by atoms with Crippen LogP contribution < -0.4 is 14.8 Å². The van der Waals surface area contributed by atoms with E-state index in [1.54, 1.807) is 19.1 Å². The van der Waals surface area contributed by atoms with E-state index in [2.05, 4.69) is 10.0 Å². The summed E-state index contributed by atoms with van der Waals surface area (Å²) in [6, 6.07) is 9.57. The van der Waals surface area contributed by atoms with E-state index in [1.807, 2.05) is 32.0 Å². The quantitative estimate of drug-likeness (QED) is 0.812. The second-order valence-electron chi connectivity index (χ2n) is 6.25. The maximum Gasteiger partial charge on any atom is 0.244 e. The molecule has 0 aromatic heterocycles. The van der Waals surface area contributed by atoms with Crippen molar-refractivity contribution < 1.29 is 17.9 Å². The molecule has 1 atom stereocenters. The Morgan fingerprint density at radius 1 is 1.08 bits per heavy atom. The molecule has 0 saturated heterocycles. The van der Waals surface area contributed by atoms with Gasteiger partial charge in [-0.15, -0.1) is 0 Å². The smallest absolute Gasteiger partial charge is 0.244 e. The Morgan fingerprint density at radius 2 is 1.69 bits per heavy atom. The minimum Gasteiger partial charge on any atom is -0.495 e. The Bertz CT molecular complexity index is 903. The van der Waals surface area contributed by atoms with Crippen LogP contribution >= 0.6 is 0 Å². The first-order valence-corrected chi connectivity index (χ1v) is 9.68. The summed E-state index contributed by atoms with van der Waals surface area (Å²) in [5.74, 6) is -0.206. The van der Waals surface area contributed by atoms with Gasteiger partial charge in [-0.2, -0.15) is 4.72 Å². The highest BCUT2D eigenvalue weighted by Gasteiger charge is 2.25. The largest absolute Gasteiger partial charge is 0.495 e. The van der Waals surface area contributed by atoms with E-state index >= 15 is 0 Å². The molecule has 0 radical (unpaired) electrons. The standard InChI is InChI=1S/C19H24N2O4S/c1-12-9-10-16(25-5)17(11-12)26(23,24)21-15(4)19(22)20-18-13(2)7-6-8-14(18)3/h6-11,15,21H,1-5H3,(H,20,22). The number of sulfonamides is 1. The second-order valence-corrected chi connectivity index (χ2v) is 7.94. The number of carbonyl (C=O) groups is 1. The van der Waals surface area contributed by atoms with Gasteiger partial charge >= 0.3 is 0 Å². The van der Waals surface area contributed by atoms with Crippen molar-refractivity contribution in [1.82, 2.24) is 4.72 Å². The van der Waals surface area contributed by atoms with Gasteiger partial charge < -0.3 is 10.1 Å². The van der Waals surface area contributed by atoms with Crippen LogP contribution in [0.25, 0.3) is 0 Å². The molecule has 0 saturated carbocycles. The highest BCUT2D eigenvalue weighted by Crippen LogP contribution is 2.25. The Hall–Kier alpha value is -2.38. The lowest BCUT2D eigenvalue weighted by Gasteiger charge is -2.18. The molecule has 0 heterocycles. The fourth-order valence-corrected chi connectivity index (χ4v) is 4.04. The summed E-state index contributed by atoms with van der Waals surface area (Å²) in [5.41, 5.74) is 3.29. The minimum absolute atomic E-state index is 0.00622. The average molecular weight is 376 g/mol. The van der Waals surface area contributed by atoms with Crippen LogP contribution in [0.3, 0.4) is 0 Å². The topological polar surface area (TPSA) is 84.5 Å². The van der Waals surface area contributed by atoms with Crippen LogP contribution in [0.1, 0.15) is 23.6 Å². The molecule has 0 bridgehead atoms. The van der Waals surface area contributed by atoms with Crippen LogP contribution in [0, 0.1) is 20.8 Å². The van der Waals surface area contributed by atoms with Gasteiger partial charge in [0.05, 0.1) is 13.2 Å². The Morgan fingerprint density at radius 3 is 2.27 bits per heavy atom. The number of anilines is 1. The summed E-state index contributed by atoms with van der Waals surface area (Å²) in [6.45, 7) is 7.06. The molecular formula is C19H24N2O4S. The van der Waals surface area contributed by atoms with E-state index in [9.17, 15) is 13.2 Å². The predicted octanol–water partition coefficient (Wildman–Crippen LogP) is 2.93. The number of para-hydroxylation sites is 1. The highest BCUT2D eigenvalue weighted by atomic mass is 32.2. The van der Waals surface area contributed by atoms with Crippen molar-refractivity contribution in [3.63, 3.8) is 0 Å². The number of amides is 1. The van der Waals surface area contributed by atoms with E-state index in [-0.39, 0.29) is 10.6 Å². The number of ether oxygens (including phenoxy) is 1. The number of methoxy groups -OCH3 is 1. The lowest BCUT2D eigenvalue weighted by Crippen LogP contribution is -2.41. The normalized spacial score (nSPS) is 12.5. The van der Waals surface area contributed by atoms with Crippen molar-refractivity contribution in [2.24, 2.45) is 0 Å². The molecule has 2 N–H and O–H groups in total. The zero-order chi connectivity index (χ0) is 19.5. The molecule has 140 valence electrons. The SMILES string of the molecule is COc1ccc(C)cc1S(=O)(=O)NC(C)C(=O)Nc1c(C)cccc1C. The van der Waals surface area contributed by atoms with E-state index in [0.717, 1.165) is 16.7 Å². The number of benzene rings is 2. The zero-order valence-electron chi connectivity index (χ0n) is 15.6. The number of carbonyl (C=O) groups excluding carboxylic acids is 1. The maximum atomic E-state index is 12.7. The molecule has 0 aliphatic carbocycles. The van der Waals surface area contributed by atoms with Gasteiger partial charge in [0.15, 0.2) is 0 Å². The molecule has 0 aliphatic heterocycles. The Balaban J connectivity index is 2.22. The van der Waals surface area contributed by atoms with Crippen molar-refractivity contribution in [2.45, 2.75) is 38.6 Å². The van der Waals surface area contributed by atoms with Crippen LogP contribution in [-0.2, 0) is 14.8 Å². The van der Waals surface area contributed by atoms with Crippen LogP contribution in [-0.4, -0.2) is 27.5 Å². The van der Waals surface area contributed by atoms with Gasteiger partial charge in [-0.05, 0) is 56.5 Å². The molecule has 0 aliphatic rings. The summed E-state index contributed by atoms with van der Waals surface area (Å²) in [7, 11) is -2.51. The Labute approximate surface area is 154 Å². The number of nitrogens with one attached hydrogen (secondary N) is 2. The molecule has 0 spiro atoms.